The lowest BCUT2D eigenvalue weighted by atomic mass is 10.1. The molecule has 0 saturated carbocycles. The maximum absolute atomic E-state index is 5.80. The molecule has 2 heterocycles. The van der Waals surface area contributed by atoms with Crippen LogP contribution in [0.25, 0.3) is 0 Å². The standard InChI is InChI=1S/C12H20BrN5/c1-2-10(7-14)17-3-5-18(6-4-17)12-11(13)8-15-9-16-12/h8-10H,2-7,14H2,1H3. The Kier molecular flexibility index (Phi) is 4.91. The Bertz CT molecular complexity index is 374. The topological polar surface area (TPSA) is 58.3 Å². The molecule has 0 aromatic carbocycles. The Hall–Kier alpha value is -0.720. The summed E-state index contributed by atoms with van der Waals surface area (Å²) in [5.41, 5.74) is 5.80. The van der Waals surface area contributed by atoms with E-state index in [1.807, 2.05) is 0 Å². The zero-order valence-corrected chi connectivity index (χ0v) is 12.3. The van der Waals surface area contributed by atoms with E-state index in [2.05, 4.69) is 42.6 Å². The zero-order chi connectivity index (χ0) is 13.0. The van der Waals surface area contributed by atoms with Crippen LogP contribution in [0.4, 0.5) is 5.82 Å². The van der Waals surface area contributed by atoms with Gasteiger partial charge in [0.15, 0.2) is 0 Å². The van der Waals surface area contributed by atoms with Gasteiger partial charge in [-0.05, 0) is 22.4 Å². The summed E-state index contributed by atoms with van der Waals surface area (Å²) in [7, 11) is 0. The maximum Gasteiger partial charge on any atom is 0.146 e. The number of hydrogen-bond acceptors (Lipinski definition) is 5. The lowest BCUT2D eigenvalue weighted by Crippen LogP contribution is -2.52. The molecule has 100 valence electrons. The molecule has 1 fully saturated rings. The van der Waals surface area contributed by atoms with Gasteiger partial charge in [-0.2, -0.15) is 0 Å². The molecule has 0 spiro atoms. The Balaban J connectivity index is 1.96. The molecule has 0 amide bonds. The van der Waals surface area contributed by atoms with Gasteiger partial charge in [-0.15, -0.1) is 0 Å². The SMILES string of the molecule is CCC(CN)N1CCN(c2ncncc2Br)CC1. The number of nitrogens with two attached hydrogens (primary N) is 1. The lowest BCUT2D eigenvalue weighted by molar-refractivity contribution is 0.184. The highest BCUT2D eigenvalue weighted by molar-refractivity contribution is 9.10. The second-order valence-electron chi connectivity index (χ2n) is 4.52. The molecule has 2 N–H and O–H groups in total. The smallest absolute Gasteiger partial charge is 0.146 e. The maximum atomic E-state index is 5.80. The number of nitrogens with zero attached hydrogens (tertiary/aromatic N) is 4. The number of rotatable bonds is 4. The Labute approximate surface area is 117 Å². The van der Waals surface area contributed by atoms with Crippen LogP contribution in [0.2, 0.25) is 0 Å². The van der Waals surface area contributed by atoms with Crippen molar-refractivity contribution < 1.29 is 0 Å². The van der Waals surface area contributed by atoms with Crippen molar-refractivity contribution in [1.82, 2.24) is 14.9 Å². The summed E-state index contributed by atoms with van der Waals surface area (Å²) >= 11 is 3.50. The van der Waals surface area contributed by atoms with E-state index in [1.165, 1.54) is 0 Å². The molecule has 0 radical (unpaired) electrons. The molecule has 5 nitrogen and oxygen atoms in total. The van der Waals surface area contributed by atoms with Crippen molar-refractivity contribution in [3.8, 4) is 0 Å². The van der Waals surface area contributed by atoms with Gasteiger partial charge >= 0.3 is 0 Å². The molecular formula is C12H20BrN5. The number of hydrogen-bond donors (Lipinski definition) is 1. The fourth-order valence-electron chi connectivity index (χ4n) is 2.41. The summed E-state index contributed by atoms with van der Waals surface area (Å²) in [5.74, 6) is 0.991. The van der Waals surface area contributed by atoms with E-state index in [0.29, 0.717) is 6.04 Å². The van der Waals surface area contributed by atoms with Crippen LogP contribution in [0.1, 0.15) is 13.3 Å². The van der Waals surface area contributed by atoms with Gasteiger partial charge in [0, 0.05) is 45.0 Å². The van der Waals surface area contributed by atoms with Crippen LogP contribution in [-0.4, -0.2) is 53.6 Å². The van der Waals surface area contributed by atoms with Crippen LogP contribution < -0.4 is 10.6 Å². The second kappa shape index (κ2) is 6.45. The molecule has 2 rings (SSSR count). The van der Waals surface area contributed by atoms with Crippen LogP contribution in [0.5, 0.6) is 0 Å². The minimum absolute atomic E-state index is 0.515. The summed E-state index contributed by atoms with van der Waals surface area (Å²) in [5, 5.41) is 0. The summed E-state index contributed by atoms with van der Waals surface area (Å²) in [6.07, 6.45) is 4.51. The van der Waals surface area contributed by atoms with Gasteiger partial charge in [0.2, 0.25) is 0 Å². The van der Waals surface area contributed by atoms with Gasteiger partial charge in [0.1, 0.15) is 12.1 Å². The zero-order valence-electron chi connectivity index (χ0n) is 10.7. The van der Waals surface area contributed by atoms with Gasteiger partial charge in [-0.3, -0.25) is 4.90 Å². The highest BCUT2D eigenvalue weighted by Gasteiger charge is 2.23. The Morgan fingerprint density at radius 2 is 2.11 bits per heavy atom. The first-order chi connectivity index (χ1) is 8.76. The molecule has 0 aliphatic carbocycles. The fraction of sp³-hybridized carbons (Fsp3) is 0.667. The summed E-state index contributed by atoms with van der Waals surface area (Å²) in [4.78, 5) is 13.1. The molecule has 1 aliphatic heterocycles. The molecule has 6 heteroatoms. The average molecular weight is 314 g/mol. The molecule has 1 aromatic rings. The molecule has 1 unspecified atom stereocenters. The van der Waals surface area contributed by atoms with E-state index < -0.39 is 0 Å². The summed E-state index contributed by atoms with van der Waals surface area (Å²) in [6, 6.07) is 0.515. The quantitative estimate of drug-likeness (QED) is 0.902. The van der Waals surface area contributed by atoms with Crippen LogP contribution in [0, 0.1) is 0 Å². The minimum atomic E-state index is 0.515. The molecule has 1 aliphatic rings. The van der Waals surface area contributed by atoms with Gasteiger partial charge in [0.25, 0.3) is 0 Å². The van der Waals surface area contributed by atoms with Crippen LogP contribution in [-0.2, 0) is 0 Å². The van der Waals surface area contributed by atoms with Crippen LogP contribution in [0.3, 0.4) is 0 Å². The first-order valence-corrected chi connectivity index (χ1v) is 7.20. The number of aromatic nitrogens is 2. The van der Waals surface area contributed by atoms with Crippen LogP contribution in [0.15, 0.2) is 17.0 Å². The van der Waals surface area contributed by atoms with Crippen molar-refractivity contribution in [3.05, 3.63) is 17.0 Å². The fourth-order valence-corrected chi connectivity index (χ4v) is 2.88. The monoisotopic (exact) mass is 313 g/mol. The van der Waals surface area contributed by atoms with Gasteiger partial charge in [0.05, 0.1) is 4.47 Å². The van der Waals surface area contributed by atoms with Gasteiger partial charge in [-0.25, -0.2) is 9.97 Å². The third-order valence-corrected chi connectivity index (χ3v) is 4.08. The molecule has 18 heavy (non-hydrogen) atoms. The highest BCUT2D eigenvalue weighted by atomic mass is 79.9. The van der Waals surface area contributed by atoms with E-state index in [9.17, 15) is 0 Å². The average Bonchev–Trinajstić information content (AvgIpc) is 2.42. The first kappa shape index (κ1) is 13.7. The molecule has 1 saturated heterocycles. The van der Waals surface area contributed by atoms with Crippen molar-refractivity contribution in [3.63, 3.8) is 0 Å². The number of piperazine rings is 1. The van der Waals surface area contributed by atoms with Crippen molar-refractivity contribution in [2.45, 2.75) is 19.4 Å². The molecule has 0 bridgehead atoms. The van der Waals surface area contributed by atoms with E-state index in [-0.39, 0.29) is 0 Å². The van der Waals surface area contributed by atoms with Crippen molar-refractivity contribution in [2.75, 3.05) is 37.6 Å². The van der Waals surface area contributed by atoms with Crippen molar-refractivity contribution in [1.29, 1.82) is 0 Å². The normalized spacial score (nSPS) is 18.9. The van der Waals surface area contributed by atoms with Gasteiger partial charge < -0.3 is 10.6 Å². The predicted octanol–water partition coefficient (Wildman–Crippen LogP) is 1.10. The number of anilines is 1. The third-order valence-electron chi connectivity index (χ3n) is 3.52. The second-order valence-corrected chi connectivity index (χ2v) is 5.37. The summed E-state index contributed by atoms with van der Waals surface area (Å²) in [6.45, 7) is 7.02. The molecule has 1 aromatic heterocycles. The van der Waals surface area contributed by atoms with Gasteiger partial charge in [-0.1, -0.05) is 6.92 Å². The van der Waals surface area contributed by atoms with Crippen molar-refractivity contribution >= 4 is 21.7 Å². The van der Waals surface area contributed by atoms with E-state index in [0.717, 1.165) is 49.4 Å². The highest BCUT2D eigenvalue weighted by Crippen LogP contribution is 2.23. The van der Waals surface area contributed by atoms with E-state index in [4.69, 9.17) is 5.73 Å². The van der Waals surface area contributed by atoms with E-state index >= 15 is 0 Å². The Morgan fingerprint density at radius 3 is 2.67 bits per heavy atom. The van der Waals surface area contributed by atoms with E-state index in [1.54, 1.807) is 12.5 Å². The minimum Gasteiger partial charge on any atom is -0.353 e. The third kappa shape index (κ3) is 2.99. The molecule has 1 atom stereocenters. The predicted molar refractivity (Wildman–Crippen MR) is 76.7 cm³/mol. The van der Waals surface area contributed by atoms with Crippen LogP contribution >= 0.6 is 15.9 Å². The number of halogens is 1. The first-order valence-electron chi connectivity index (χ1n) is 6.40. The summed E-state index contributed by atoms with van der Waals surface area (Å²) < 4.78 is 0.962. The lowest BCUT2D eigenvalue weighted by Gasteiger charge is -2.39. The largest absolute Gasteiger partial charge is 0.353 e. The Morgan fingerprint density at radius 1 is 1.39 bits per heavy atom. The van der Waals surface area contributed by atoms with Crippen molar-refractivity contribution in [2.24, 2.45) is 5.73 Å². The molecular weight excluding hydrogens is 294 g/mol.